The molecule has 1 aliphatic carbocycles. The Morgan fingerprint density at radius 1 is 1.30 bits per heavy atom. The Labute approximate surface area is 122 Å². The molecular weight excluding hydrogens is 252 g/mol. The van der Waals surface area contributed by atoms with Crippen molar-refractivity contribution >= 4 is 5.97 Å². The normalized spacial score (nSPS) is 27.8. The first-order chi connectivity index (χ1) is 9.51. The van der Waals surface area contributed by atoms with Crippen molar-refractivity contribution in [1.29, 1.82) is 0 Å². The highest BCUT2D eigenvalue weighted by Crippen LogP contribution is 2.25. The van der Waals surface area contributed by atoms with E-state index < -0.39 is 11.5 Å². The van der Waals surface area contributed by atoms with Gasteiger partial charge in [-0.25, -0.2) is 0 Å². The zero-order chi connectivity index (χ0) is 14.6. The summed E-state index contributed by atoms with van der Waals surface area (Å²) in [5.41, 5.74) is -0.740. The van der Waals surface area contributed by atoms with Gasteiger partial charge in [0.15, 0.2) is 0 Å². The summed E-state index contributed by atoms with van der Waals surface area (Å²) in [6.07, 6.45) is 9.22. The molecule has 1 saturated heterocycles. The third-order valence-corrected chi connectivity index (χ3v) is 4.88. The highest BCUT2D eigenvalue weighted by atomic mass is 16.4. The summed E-state index contributed by atoms with van der Waals surface area (Å²) in [6.45, 7) is 6.38. The molecule has 2 aliphatic rings. The number of nitrogens with one attached hydrogen (secondary N) is 1. The molecule has 2 atom stereocenters. The topological polar surface area (TPSA) is 52.6 Å². The standard InChI is InChI=1S/C16H30N2O2/c1-13-7-4-3-5-11-18(13)12-6-10-16(2,15(19)20)17-14-8-9-14/h13-14,17H,3-12H2,1-2H3,(H,19,20). The molecule has 0 amide bonds. The van der Waals surface area contributed by atoms with E-state index in [4.69, 9.17) is 0 Å². The number of carboxylic acid groups (broad SMARTS) is 1. The SMILES string of the molecule is CC1CCCCCN1CCCC(C)(NC1CC1)C(=O)O. The summed E-state index contributed by atoms with van der Waals surface area (Å²) in [7, 11) is 0. The van der Waals surface area contributed by atoms with Crippen molar-refractivity contribution in [2.45, 2.75) is 82.8 Å². The molecule has 2 unspecified atom stereocenters. The van der Waals surface area contributed by atoms with Gasteiger partial charge in [-0.3, -0.25) is 10.1 Å². The summed E-state index contributed by atoms with van der Waals surface area (Å²) in [5.74, 6) is -0.701. The van der Waals surface area contributed by atoms with Gasteiger partial charge in [-0.1, -0.05) is 12.8 Å². The van der Waals surface area contributed by atoms with Gasteiger partial charge in [0, 0.05) is 12.1 Å². The smallest absolute Gasteiger partial charge is 0.323 e. The van der Waals surface area contributed by atoms with Crippen molar-refractivity contribution in [2.75, 3.05) is 13.1 Å². The van der Waals surface area contributed by atoms with E-state index in [2.05, 4.69) is 17.1 Å². The Morgan fingerprint density at radius 2 is 2.05 bits per heavy atom. The molecule has 20 heavy (non-hydrogen) atoms. The Morgan fingerprint density at radius 3 is 2.70 bits per heavy atom. The minimum absolute atomic E-state index is 0.438. The Balaban J connectivity index is 1.78. The molecule has 0 aromatic heterocycles. The minimum atomic E-state index is -0.740. The highest BCUT2D eigenvalue weighted by molar-refractivity contribution is 5.78. The molecule has 1 heterocycles. The van der Waals surface area contributed by atoms with Crippen LogP contribution in [0.25, 0.3) is 0 Å². The van der Waals surface area contributed by atoms with Crippen LogP contribution in [0.5, 0.6) is 0 Å². The van der Waals surface area contributed by atoms with E-state index in [0.717, 1.165) is 32.2 Å². The average Bonchev–Trinajstić information content (AvgIpc) is 3.20. The first-order valence-electron chi connectivity index (χ1n) is 8.26. The van der Waals surface area contributed by atoms with Crippen molar-refractivity contribution in [3.8, 4) is 0 Å². The van der Waals surface area contributed by atoms with Crippen LogP contribution in [0.3, 0.4) is 0 Å². The molecule has 4 nitrogen and oxygen atoms in total. The maximum Gasteiger partial charge on any atom is 0.323 e. The predicted molar refractivity (Wildman–Crippen MR) is 80.9 cm³/mol. The van der Waals surface area contributed by atoms with Crippen molar-refractivity contribution < 1.29 is 9.90 Å². The van der Waals surface area contributed by atoms with Crippen LogP contribution >= 0.6 is 0 Å². The Bertz CT molecular complexity index is 330. The molecule has 2 rings (SSSR count). The van der Waals surface area contributed by atoms with Crippen molar-refractivity contribution in [3.05, 3.63) is 0 Å². The van der Waals surface area contributed by atoms with Crippen molar-refractivity contribution in [2.24, 2.45) is 0 Å². The fourth-order valence-corrected chi connectivity index (χ4v) is 3.22. The van der Waals surface area contributed by atoms with E-state index in [1.165, 1.54) is 32.2 Å². The second-order valence-electron chi connectivity index (χ2n) is 6.89. The summed E-state index contributed by atoms with van der Waals surface area (Å²) in [6, 6.07) is 1.10. The number of carboxylic acids is 1. The van der Waals surface area contributed by atoms with Crippen LogP contribution in [0.1, 0.15) is 65.2 Å². The van der Waals surface area contributed by atoms with Crippen LogP contribution < -0.4 is 5.32 Å². The summed E-state index contributed by atoms with van der Waals surface area (Å²) < 4.78 is 0. The third kappa shape index (κ3) is 4.45. The maximum absolute atomic E-state index is 11.5. The van der Waals surface area contributed by atoms with Crippen LogP contribution in [-0.2, 0) is 4.79 Å². The van der Waals surface area contributed by atoms with E-state index >= 15 is 0 Å². The van der Waals surface area contributed by atoms with E-state index in [1.54, 1.807) is 0 Å². The van der Waals surface area contributed by atoms with Crippen molar-refractivity contribution in [1.82, 2.24) is 10.2 Å². The fraction of sp³-hybridized carbons (Fsp3) is 0.938. The van der Waals surface area contributed by atoms with Crippen LogP contribution in [-0.4, -0.2) is 46.7 Å². The number of hydrogen-bond donors (Lipinski definition) is 2. The summed E-state index contributed by atoms with van der Waals surface area (Å²) in [4.78, 5) is 14.1. The largest absolute Gasteiger partial charge is 0.480 e. The van der Waals surface area contributed by atoms with Crippen LogP contribution in [0.4, 0.5) is 0 Å². The quantitative estimate of drug-likeness (QED) is 0.753. The van der Waals surface area contributed by atoms with E-state index in [1.807, 2.05) is 6.92 Å². The molecule has 0 radical (unpaired) electrons. The van der Waals surface area contributed by atoms with Gasteiger partial charge in [-0.15, -0.1) is 0 Å². The zero-order valence-corrected chi connectivity index (χ0v) is 13.0. The second-order valence-corrected chi connectivity index (χ2v) is 6.89. The zero-order valence-electron chi connectivity index (χ0n) is 13.0. The lowest BCUT2D eigenvalue weighted by atomic mass is 9.95. The number of likely N-dealkylation sites (tertiary alicyclic amines) is 1. The average molecular weight is 282 g/mol. The highest BCUT2D eigenvalue weighted by Gasteiger charge is 2.38. The molecule has 0 bridgehead atoms. The number of rotatable bonds is 7. The van der Waals surface area contributed by atoms with Gasteiger partial charge in [-0.2, -0.15) is 0 Å². The van der Waals surface area contributed by atoms with Gasteiger partial charge >= 0.3 is 5.97 Å². The van der Waals surface area contributed by atoms with Crippen LogP contribution in [0.15, 0.2) is 0 Å². The van der Waals surface area contributed by atoms with Gasteiger partial charge in [0.1, 0.15) is 5.54 Å². The molecule has 1 aliphatic heterocycles. The van der Waals surface area contributed by atoms with Crippen molar-refractivity contribution in [3.63, 3.8) is 0 Å². The number of hydrogen-bond acceptors (Lipinski definition) is 3. The maximum atomic E-state index is 11.5. The van der Waals surface area contributed by atoms with Gasteiger partial charge < -0.3 is 10.0 Å². The molecule has 0 aromatic carbocycles. The Hall–Kier alpha value is -0.610. The number of nitrogens with zero attached hydrogens (tertiary/aromatic N) is 1. The molecule has 2 fully saturated rings. The monoisotopic (exact) mass is 282 g/mol. The molecular formula is C16H30N2O2. The molecule has 2 N–H and O–H groups in total. The van der Waals surface area contributed by atoms with E-state index in [-0.39, 0.29) is 0 Å². The minimum Gasteiger partial charge on any atom is -0.480 e. The summed E-state index contributed by atoms with van der Waals surface area (Å²) >= 11 is 0. The Kier molecular flexibility index (Phi) is 5.44. The van der Waals surface area contributed by atoms with Gasteiger partial charge in [0.05, 0.1) is 0 Å². The summed E-state index contributed by atoms with van der Waals surface area (Å²) in [5, 5.41) is 12.8. The lowest BCUT2D eigenvalue weighted by Crippen LogP contribution is -2.51. The third-order valence-electron chi connectivity index (χ3n) is 4.88. The molecule has 0 spiro atoms. The van der Waals surface area contributed by atoms with Gasteiger partial charge in [0.25, 0.3) is 0 Å². The van der Waals surface area contributed by atoms with Crippen LogP contribution in [0.2, 0.25) is 0 Å². The molecule has 4 heteroatoms. The molecule has 1 saturated carbocycles. The first kappa shape index (κ1) is 15.8. The lowest BCUT2D eigenvalue weighted by molar-refractivity contribution is -0.144. The predicted octanol–water partition coefficient (Wildman–Crippen LogP) is 2.63. The first-order valence-corrected chi connectivity index (χ1v) is 8.26. The van der Waals surface area contributed by atoms with E-state index in [9.17, 15) is 9.90 Å². The van der Waals surface area contributed by atoms with E-state index in [0.29, 0.717) is 12.1 Å². The van der Waals surface area contributed by atoms with Crippen LogP contribution in [0, 0.1) is 0 Å². The fourth-order valence-electron chi connectivity index (χ4n) is 3.22. The van der Waals surface area contributed by atoms with Gasteiger partial charge in [-0.05, 0) is 65.5 Å². The molecule has 0 aromatic rings. The van der Waals surface area contributed by atoms with Gasteiger partial charge in [0.2, 0.25) is 0 Å². The lowest BCUT2D eigenvalue weighted by Gasteiger charge is -2.30. The number of carbonyl (C=O) groups is 1. The number of aliphatic carboxylic acids is 1. The molecule has 116 valence electrons. The second kappa shape index (κ2) is 6.90.